The number of hydrogen-bond acceptors (Lipinski definition) is 4. The molecule has 0 heterocycles. The van der Waals surface area contributed by atoms with Crippen LogP contribution in [-0.2, 0) is 9.59 Å². The van der Waals surface area contributed by atoms with E-state index in [2.05, 4.69) is 9.98 Å². The summed E-state index contributed by atoms with van der Waals surface area (Å²) in [5.41, 5.74) is -0.512. The zero-order valence-corrected chi connectivity index (χ0v) is 7.50. The predicted molar refractivity (Wildman–Crippen MR) is 44.4 cm³/mol. The van der Waals surface area contributed by atoms with E-state index in [0.29, 0.717) is 6.54 Å². The summed E-state index contributed by atoms with van der Waals surface area (Å²) in [5, 5.41) is 0. The van der Waals surface area contributed by atoms with Gasteiger partial charge in [-0.3, -0.25) is 0 Å². The Morgan fingerprint density at radius 2 is 1.92 bits per heavy atom. The van der Waals surface area contributed by atoms with E-state index in [9.17, 15) is 9.59 Å². The Morgan fingerprint density at radius 1 is 1.33 bits per heavy atom. The third kappa shape index (κ3) is 3.24. The standard InChI is InChI=1S/C8H12N2O2/c1-7(4-9-5-11)8(2,3)10-6-12/h7H,4H2,1-3H3. The number of nitrogens with zero attached hydrogens (tertiary/aromatic N) is 2. The number of carbonyl (C=O) groups excluding carboxylic acids is 2. The van der Waals surface area contributed by atoms with Crippen molar-refractivity contribution in [3.05, 3.63) is 0 Å². The largest absolute Gasteiger partial charge is 0.235 e. The van der Waals surface area contributed by atoms with Gasteiger partial charge >= 0.3 is 0 Å². The monoisotopic (exact) mass is 168 g/mol. The molecule has 12 heavy (non-hydrogen) atoms. The van der Waals surface area contributed by atoms with E-state index in [-0.39, 0.29) is 5.92 Å². The number of hydrogen-bond donors (Lipinski definition) is 0. The summed E-state index contributed by atoms with van der Waals surface area (Å²) in [5.74, 6) is 0.0281. The zero-order valence-electron chi connectivity index (χ0n) is 7.50. The minimum Gasteiger partial charge on any atom is -0.211 e. The van der Waals surface area contributed by atoms with Crippen molar-refractivity contribution in [2.24, 2.45) is 15.9 Å². The van der Waals surface area contributed by atoms with Gasteiger partial charge < -0.3 is 0 Å². The Hall–Kier alpha value is -1.24. The quantitative estimate of drug-likeness (QED) is 0.465. The molecule has 0 fully saturated rings. The normalized spacial score (nSPS) is 12.6. The maximum atomic E-state index is 10.00. The second kappa shape index (κ2) is 4.60. The lowest BCUT2D eigenvalue weighted by molar-refractivity contribution is 0.355. The highest BCUT2D eigenvalue weighted by molar-refractivity contribution is 5.35. The summed E-state index contributed by atoms with van der Waals surface area (Å²) >= 11 is 0. The summed E-state index contributed by atoms with van der Waals surface area (Å²) in [6.07, 6.45) is 2.95. The molecular formula is C8H12N2O2. The van der Waals surface area contributed by atoms with Gasteiger partial charge in [0.2, 0.25) is 12.2 Å². The zero-order chi connectivity index (χ0) is 9.61. The maximum absolute atomic E-state index is 10.00. The highest BCUT2D eigenvalue weighted by atomic mass is 16.1. The molecule has 0 rings (SSSR count). The third-order valence-electron chi connectivity index (χ3n) is 1.97. The first-order valence-corrected chi connectivity index (χ1v) is 3.67. The van der Waals surface area contributed by atoms with Crippen LogP contribution in [0.5, 0.6) is 0 Å². The molecule has 0 amide bonds. The molecule has 0 aliphatic heterocycles. The second-order valence-electron chi connectivity index (χ2n) is 3.19. The minimum atomic E-state index is -0.512. The van der Waals surface area contributed by atoms with Crippen molar-refractivity contribution < 1.29 is 9.59 Å². The summed E-state index contributed by atoms with van der Waals surface area (Å²) in [6, 6.07) is 0. The molecule has 0 bridgehead atoms. The van der Waals surface area contributed by atoms with E-state index in [1.54, 1.807) is 13.8 Å². The molecule has 66 valence electrons. The fourth-order valence-electron chi connectivity index (χ4n) is 0.625. The average molecular weight is 168 g/mol. The van der Waals surface area contributed by atoms with Crippen molar-refractivity contribution in [3.63, 3.8) is 0 Å². The highest BCUT2D eigenvalue weighted by Gasteiger charge is 2.24. The Morgan fingerprint density at radius 3 is 2.33 bits per heavy atom. The Bertz CT molecular complexity index is 235. The van der Waals surface area contributed by atoms with Crippen LogP contribution in [0.2, 0.25) is 0 Å². The second-order valence-corrected chi connectivity index (χ2v) is 3.19. The van der Waals surface area contributed by atoms with Crippen molar-refractivity contribution in [3.8, 4) is 0 Å². The number of aliphatic imine (C=N–C) groups is 2. The van der Waals surface area contributed by atoms with Crippen LogP contribution in [0, 0.1) is 5.92 Å². The average Bonchev–Trinajstić information content (AvgIpc) is 2.00. The SMILES string of the molecule is CC(CN=C=O)C(C)(C)N=C=O. The van der Waals surface area contributed by atoms with Gasteiger partial charge in [0.1, 0.15) is 0 Å². The first kappa shape index (κ1) is 10.8. The van der Waals surface area contributed by atoms with Crippen LogP contribution in [0.3, 0.4) is 0 Å². The topological polar surface area (TPSA) is 58.9 Å². The molecule has 1 unspecified atom stereocenters. The number of isocyanates is 2. The molecule has 0 aromatic carbocycles. The van der Waals surface area contributed by atoms with Crippen molar-refractivity contribution >= 4 is 12.2 Å². The molecule has 0 N–H and O–H groups in total. The van der Waals surface area contributed by atoms with E-state index in [1.807, 2.05) is 6.92 Å². The fraction of sp³-hybridized carbons (Fsp3) is 0.750. The van der Waals surface area contributed by atoms with Gasteiger partial charge in [0.25, 0.3) is 0 Å². The van der Waals surface area contributed by atoms with E-state index >= 15 is 0 Å². The van der Waals surface area contributed by atoms with E-state index in [4.69, 9.17) is 0 Å². The Labute approximate surface area is 71.4 Å². The molecule has 1 atom stereocenters. The van der Waals surface area contributed by atoms with Crippen LogP contribution in [0.25, 0.3) is 0 Å². The third-order valence-corrected chi connectivity index (χ3v) is 1.97. The molecule has 0 aliphatic rings. The molecule has 0 aromatic heterocycles. The van der Waals surface area contributed by atoms with Crippen LogP contribution >= 0.6 is 0 Å². The molecule has 0 saturated heterocycles. The lowest BCUT2D eigenvalue weighted by atomic mass is 9.90. The summed E-state index contributed by atoms with van der Waals surface area (Å²) in [7, 11) is 0. The molecule has 0 spiro atoms. The van der Waals surface area contributed by atoms with Crippen molar-refractivity contribution in [1.29, 1.82) is 0 Å². The van der Waals surface area contributed by atoms with Crippen molar-refractivity contribution in [1.82, 2.24) is 0 Å². The fourth-order valence-corrected chi connectivity index (χ4v) is 0.625. The van der Waals surface area contributed by atoms with Crippen LogP contribution in [0.4, 0.5) is 0 Å². The maximum Gasteiger partial charge on any atom is 0.235 e. The lowest BCUT2D eigenvalue weighted by Crippen LogP contribution is -2.28. The molecule has 0 radical (unpaired) electrons. The van der Waals surface area contributed by atoms with Gasteiger partial charge in [0.15, 0.2) is 0 Å². The minimum absolute atomic E-state index is 0.0281. The van der Waals surface area contributed by atoms with E-state index in [0.717, 1.165) is 0 Å². The summed E-state index contributed by atoms with van der Waals surface area (Å²) < 4.78 is 0. The van der Waals surface area contributed by atoms with E-state index in [1.165, 1.54) is 12.2 Å². The molecule has 0 aromatic rings. The van der Waals surface area contributed by atoms with Crippen molar-refractivity contribution in [2.75, 3.05) is 6.54 Å². The molecule has 4 heteroatoms. The van der Waals surface area contributed by atoms with Crippen LogP contribution in [0.1, 0.15) is 20.8 Å². The molecule has 4 nitrogen and oxygen atoms in total. The van der Waals surface area contributed by atoms with Crippen LogP contribution < -0.4 is 0 Å². The molecular weight excluding hydrogens is 156 g/mol. The van der Waals surface area contributed by atoms with Gasteiger partial charge in [0, 0.05) is 5.92 Å². The van der Waals surface area contributed by atoms with Gasteiger partial charge in [-0.15, -0.1) is 0 Å². The molecule has 0 saturated carbocycles. The first-order chi connectivity index (χ1) is 5.54. The number of rotatable bonds is 4. The predicted octanol–water partition coefficient (Wildman–Crippen LogP) is 1.07. The highest BCUT2D eigenvalue weighted by Crippen LogP contribution is 2.20. The Balaban J connectivity index is 4.33. The van der Waals surface area contributed by atoms with Crippen LogP contribution in [0.15, 0.2) is 9.98 Å². The van der Waals surface area contributed by atoms with Gasteiger partial charge in [-0.05, 0) is 13.8 Å². The van der Waals surface area contributed by atoms with Gasteiger partial charge in [-0.2, -0.15) is 4.99 Å². The summed E-state index contributed by atoms with van der Waals surface area (Å²) in [6.45, 7) is 5.79. The van der Waals surface area contributed by atoms with Crippen LogP contribution in [-0.4, -0.2) is 24.2 Å². The Kier molecular flexibility index (Phi) is 4.12. The van der Waals surface area contributed by atoms with Gasteiger partial charge in [-0.1, -0.05) is 6.92 Å². The lowest BCUT2D eigenvalue weighted by Gasteiger charge is -2.23. The first-order valence-electron chi connectivity index (χ1n) is 3.67. The van der Waals surface area contributed by atoms with E-state index < -0.39 is 5.54 Å². The summed E-state index contributed by atoms with van der Waals surface area (Å²) in [4.78, 5) is 26.8. The van der Waals surface area contributed by atoms with Gasteiger partial charge in [0.05, 0.1) is 12.1 Å². The van der Waals surface area contributed by atoms with Crippen molar-refractivity contribution in [2.45, 2.75) is 26.3 Å². The van der Waals surface area contributed by atoms with Gasteiger partial charge in [-0.25, -0.2) is 14.6 Å². The smallest absolute Gasteiger partial charge is 0.211 e. The molecule has 0 aliphatic carbocycles.